The minimum absolute atomic E-state index is 0.250. The molecule has 26 heavy (non-hydrogen) atoms. The molecule has 0 spiro atoms. The molecule has 0 unspecified atom stereocenters. The molecule has 0 fully saturated rings. The minimum atomic E-state index is -0.250. The van der Waals surface area contributed by atoms with Crippen LogP contribution in [-0.2, 0) is 11.3 Å². The number of benzene rings is 1. The summed E-state index contributed by atoms with van der Waals surface area (Å²) in [4.78, 5) is 16.2. The van der Waals surface area contributed by atoms with Crippen LogP contribution in [0, 0.1) is 0 Å². The van der Waals surface area contributed by atoms with Crippen molar-refractivity contribution in [2.45, 2.75) is 6.54 Å². The van der Waals surface area contributed by atoms with Crippen molar-refractivity contribution in [1.82, 2.24) is 14.8 Å². The molecule has 1 N–H and O–H groups in total. The minimum Gasteiger partial charge on any atom is -0.493 e. The topological polar surface area (TPSA) is 78.3 Å². The lowest BCUT2D eigenvalue weighted by Crippen LogP contribution is -2.14. The number of nitrogens with zero attached hydrogens (tertiary/aromatic N) is 3. The molecule has 8 heteroatoms. The van der Waals surface area contributed by atoms with Crippen LogP contribution in [0.2, 0.25) is 0 Å². The molecular weight excluding hydrogens is 352 g/mol. The lowest BCUT2D eigenvalue weighted by atomic mass is 10.2. The number of hydrogen-bond acceptors (Lipinski definition) is 6. The fourth-order valence-corrected chi connectivity index (χ4v) is 2.97. The first-order valence-electron chi connectivity index (χ1n) is 7.81. The van der Waals surface area contributed by atoms with Crippen molar-refractivity contribution in [2.24, 2.45) is 0 Å². The third-order valence-corrected chi connectivity index (χ3v) is 4.34. The Bertz CT molecular complexity index is 903. The molecule has 2 heterocycles. The van der Waals surface area contributed by atoms with E-state index >= 15 is 0 Å². The zero-order chi connectivity index (χ0) is 18.4. The number of hydrogen-bond donors (Lipinski definition) is 1. The van der Waals surface area contributed by atoms with Gasteiger partial charge in [-0.25, -0.2) is 9.67 Å². The Kier molecular flexibility index (Phi) is 5.65. The molecule has 1 amide bonds. The summed E-state index contributed by atoms with van der Waals surface area (Å²) >= 11 is 1.46. The van der Waals surface area contributed by atoms with Crippen LogP contribution in [0.5, 0.6) is 11.5 Å². The van der Waals surface area contributed by atoms with Crippen LogP contribution in [0.25, 0.3) is 6.08 Å². The van der Waals surface area contributed by atoms with Gasteiger partial charge in [-0.15, -0.1) is 11.3 Å². The average molecular weight is 370 g/mol. The van der Waals surface area contributed by atoms with Crippen LogP contribution >= 0.6 is 11.3 Å². The molecule has 0 aliphatic heterocycles. The SMILES string of the molecule is COc1cccc(Cn2nccc2NC(=O)/C=C\c2nccs2)c1OC. The maximum absolute atomic E-state index is 12.1. The van der Waals surface area contributed by atoms with Gasteiger partial charge in [-0.3, -0.25) is 4.79 Å². The van der Waals surface area contributed by atoms with E-state index < -0.39 is 0 Å². The average Bonchev–Trinajstić information content (AvgIpc) is 3.32. The van der Waals surface area contributed by atoms with E-state index in [4.69, 9.17) is 9.47 Å². The fraction of sp³-hybridized carbons (Fsp3) is 0.167. The van der Waals surface area contributed by atoms with Crippen LogP contribution in [-0.4, -0.2) is 34.9 Å². The zero-order valence-corrected chi connectivity index (χ0v) is 15.2. The van der Waals surface area contributed by atoms with E-state index in [1.165, 1.54) is 17.4 Å². The van der Waals surface area contributed by atoms with Gasteiger partial charge in [0.1, 0.15) is 10.8 Å². The largest absolute Gasteiger partial charge is 0.493 e. The van der Waals surface area contributed by atoms with Gasteiger partial charge in [0, 0.05) is 29.3 Å². The van der Waals surface area contributed by atoms with Crippen molar-refractivity contribution in [3.05, 3.63) is 58.7 Å². The van der Waals surface area contributed by atoms with Gasteiger partial charge in [0.2, 0.25) is 5.91 Å². The second kappa shape index (κ2) is 8.30. The number of ether oxygens (including phenoxy) is 2. The van der Waals surface area contributed by atoms with Gasteiger partial charge in [0.25, 0.3) is 0 Å². The normalized spacial score (nSPS) is 10.8. The predicted molar refractivity (Wildman–Crippen MR) is 101 cm³/mol. The van der Waals surface area contributed by atoms with Crippen LogP contribution in [0.4, 0.5) is 5.82 Å². The monoisotopic (exact) mass is 370 g/mol. The zero-order valence-electron chi connectivity index (χ0n) is 14.4. The van der Waals surface area contributed by atoms with Gasteiger partial charge < -0.3 is 14.8 Å². The third-order valence-electron chi connectivity index (χ3n) is 3.60. The van der Waals surface area contributed by atoms with E-state index in [9.17, 15) is 4.79 Å². The number of rotatable bonds is 7. The number of nitrogens with one attached hydrogen (secondary N) is 1. The molecule has 0 aliphatic carbocycles. The Morgan fingerprint density at radius 1 is 1.27 bits per heavy atom. The Morgan fingerprint density at radius 3 is 2.88 bits per heavy atom. The predicted octanol–water partition coefficient (Wildman–Crippen LogP) is 3.06. The molecule has 0 saturated carbocycles. The van der Waals surface area contributed by atoms with Crippen molar-refractivity contribution in [3.8, 4) is 11.5 Å². The summed E-state index contributed by atoms with van der Waals surface area (Å²) in [5.74, 6) is 1.63. The first-order valence-corrected chi connectivity index (χ1v) is 8.69. The summed E-state index contributed by atoms with van der Waals surface area (Å²) < 4.78 is 12.5. The van der Waals surface area contributed by atoms with E-state index in [1.54, 1.807) is 43.4 Å². The van der Waals surface area contributed by atoms with Crippen molar-refractivity contribution >= 4 is 29.1 Å². The van der Waals surface area contributed by atoms with E-state index in [0.29, 0.717) is 23.9 Å². The number of para-hydroxylation sites is 1. The first kappa shape index (κ1) is 17.7. The number of carbonyl (C=O) groups is 1. The smallest absolute Gasteiger partial charge is 0.249 e. The molecule has 0 bridgehead atoms. The van der Waals surface area contributed by atoms with Crippen LogP contribution in [0.3, 0.4) is 0 Å². The van der Waals surface area contributed by atoms with E-state index in [0.717, 1.165) is 10.6 Å². The lowest BCUT2D eigenvalue weighted by molar-refractivity contribution is -0.111. The van der Waals surface area contributed by atoms with E-state index in [-0.39, 0.29) is 5.91 Å². The Hall–Kier alpha value is -3.13. The van der Waals surface area contributed by atoms with Gasteiger partial charge in [-0.2, -0.15) is 5.10 Å². The molecule has 2 aromatic heterocycles. The molecule has 0 radical (unpaired) electrons. The summed E-state index contributed by atoms with van der Waals surface area (Å²) in [5, 5.41) is 9.72. The molecular formula is C18H18N4O3S. The second-order valence-corrected chi connectivity index (χ2v) is 6.15. The summed E-state index contributed by atoms with van der Waals surface area (Å²) in [6.45, 7) is 0.430. The Balaban J connectivity index is 1.74. The summed E-state index contributed by atoms with van der Waals surface area (Å²) in [6, 6.07) is 7.38. The number of thiazole rings is 1. The van der Waals surface area contributed by atoms with Gasteiger partial charge in [-0.1, -0.05) is 12.1 Å². The highest BCUT2D eigenvalue weighted by Gasteiger charge is 2.12. The molecule has 0 atom stereocenters. The van der Waals surface area contributed by atoms with Crippen molar-refractivity contribution in [1.29, 1.82) is 0 Å². The highest BCUT2D eigenvalue weighted by molar-refractivity contribution is 7.10. The molecule has 1 aromatic carbocycles. The number of amides is 1. The van der Waals surface area contributed by atoms with Crippen LogP contribution in [0.15, 0.2) is 48.1 Å². The van der Waals surface area contributed by atoms with Gasteiger partial charge >= 0.3 is 0 Å². The van der Waals surface area contributed by atoms with Crippen molar-refractivity contribution in [3.63, 3.8) is 0 Å². The molecule has 134 valence electrons. The standard InChI is InChI=1S/C18H18N4O3S/c1-24-14-5-3-4-13(18(14)25-2)12-22-15(8-9-20-22)21-16(23)6-7-17-19-10-11-26-17/h3-11H,12H2,1-2H3,(H,21,23)/b7-6-. The maximum atomic E-state index is 12.1. The number of carbonyl (C=O) groups excluding carboxylic acids is 1. The third kappa shape index (κ3) is 4.09. The second-order valence-electron chi connectivity index (χ2n) is 5.22. The Morgan fingerprint density at radius 2 is 2.15 bits per heavy atom. The van der Waals surface area contributed by atoms with Crippen LogP contribution in [0.1, 0.15) is 10.6 Å². The van der Waals surface area contributed by atoms with Gasteiger partial charge in [0.15, 0.2) is 11.5 Å². The molecule has 3 rings (SSSR count). The highest BCUT2D eigenvalue weighted by atomic mass is 32.1. The first-order chi connectivity index (χ1) is 12.7. The maximum Gasteiger partial charge on any atom is 0.249 e. The number of methoxy groups -OCH3 is 2. The highest BCUT2D eigenvalue weighted by Crippen LogP contribution is 2.31. The Labute approximate surface area is 154 Å². The number of anilines is 1. The molecule has 7 nitrogen and oxygen atoms in total. The summed E-state index contributed by atoms with van der Waals surface area (Å²) in [6.07, 6.45) is 6.44. The quantitative estimate of drug-likeness (QED) is 0.647. The molecule has 0 saturated heterocycles. The van der Waals surface area contributed by atoms with Crippen LogP contribution < -0.4 is 14.8 Å². The summed E-state index contributed by atoms with van der Waals surface area (Å²) in [5.41, 5.74) is 0.893. The number of aromatic nitrogens is 3. The van der Waals surface area contributed by atoms with E-state index in [2.05, 4.69) is 15.4 Å². The lowest BCUT2D eigenvalue weighted by Gasteiger charge is -2.14. The van der Waals surface area contributed by atoms with E-state index in [1.807, 2.05) is 23.6 Å². The fourth-order valence-electron chi connectivity index (χ4n) is 2.44. The molecule has 0 aliphatic rings. The van der Waals surface area contributed by atoms with Gasteiger partial charge in [-0.05, 0) is 12.1 Å². The summed E-state index contributed by atoms with van der Waals surface area (Å²) in [7, 11) is 3.19. The van der Waals surface area contributed by atoms with Crippen molar-refractivity contribution < 1.29 is 14.3 Å². The molecule has 3 aromatic rings. The van der Waals surface area contributed by atoms with Crippen molar-refractivity contribution in [2.75, 3.05) is 19.5 Å². The van der Waals surface area contributed by atoms with Gasteiger partial charge in [0.05, 0.1) is 27.0 Å².